The second-order valence-electron chi connectivity index (χ2n) is 5.00. The normalized spacial score (nSPS) is 10.8. The molecule has 0 saturated heterocycles. The fourth-order valence-electron chi connectivity index (χ4n) is 2.08. The Kier molecular flexibility index (Phi) is 5.44. The molecule has 130 valence electrons. The molecule has 0 aliphatic carbocycles. The number of hydrogen-bond donors (Lipinski definition) is 1. The number of thioether (sulfide) groups is 1. The highest BCUT2D eigenvalue weighted by atomic mass is 32.2. The van der Waals surface area contributed by atoms with Gasteiger partial charge in [0.1, 0.15) is 0 Å². The number of amides is 1. The molecule has 0 unspecified atom stereocenters. The second kappa shape index (κ2) is 7.75. The first-order valence-corrected chi connectivity index (χ1v) is 9.28. The number of aryl methyl sites for hydroxylation is 1. The fraction of sp³-hybridized carbons (Fsp3) is 0.188. The van der Waals surface area contributed by atoms with Gasteiger partial charge >= 0.3 is 0 Å². The first-order chi connectivity index (χ1) is 12.1. The van der Waals surface area contributed by atoms with Gasteiger partial charge in [-0.3, -0.25) is 4.79 Å². The first-order valence-electron chi connectivity index (χ1n) is 7.41. The lowest BCUT2D eigenvalue weighted by atomic mass is 10.2. The number of aromatic nitrogens is 3. The smallest absolute Gasteiger partial charge is 0.236 e. The highest BCUT2D eigenvalue weighted by Gasteiger charge is 2.11. The summed E-state index contributed by atoms with van der Waals surface area (Å²) in [4.78, 5) is 20.5. The van der Waals surface area contributed by atoms with E-state index in [0.29, 0.717) is 16.4 Å². The summed E-state index contributed by atoms with van der Waals surface area (Å²) >= 11 is 2.56. The quantitative estimate of drug-likeness (QED) is 0.656. The molecule has 0 saturated carbocycles. The zero-order valence-electron chi connectivity index (χ0n) is 13.2. The molecule has 9 heteroatoms. The van der Waals surface area contributed by atoms with Crippen molar-refractivity contribution in [3.8, 4) is 11.3 Å². The van der Waals surface area contributed by atoms with Gasteiger partial charge in [0.25, 0.3) is 0 Å². The number of imidazole rings is 1. The Labute approximate surface area is 151 Å². The summed E-state index contributed by atoms with van der Waals surface area (Å²) in [5, 5.41) is 5.56. The highest BCUT2D eigenvalue weighted by Crippen LogP contribution is 2.26. The molecule has 0 aliphatic heterocycles. The standard InChI is InChI=1S/C16H14F2N4OS2/c1-2-22-6-5-19-16(22)25-9-14(23)21-15-20-13(8-24-15)10-3-4-11(17)12(18)7-10/h3-8H,2,9H2,1H3,(H,20,21,23). The van der Waals surface area contributed by atoms with Crippen LogP contribution in [-0.4, -0.2) is 26.2 Å². The van der Waals surface area contributed by atoms with E-state index in [2.05, 4.69) is 15.3 Å². The molecule has 5 nitrogen and oxygen atoms in total. The summed E-state index contributed by atoms with van der Waals surface area (Å²) in [7, 11) is 0. The summed E-state index contributed by atoms with van der Waals surface area (Å²) in [5.74, 6) is -1.84. The molecule has 2 heterocycles. The van der Waals surface area contributed by atoms with Crippen molar-refractivity contribution < 1.29 is 13.6 Å². The van der Waals surface area contributed by atoms with Gasteiger partial charge in [0.05, 0.1) is 11.4 Å². The van der Waals surface area contributed by atoms with Gasteiger partial charge in [-0.05, 0) is 25.1 Å². The molecule has 0 atom stereocenters. The van der Waals surface area contributed by atoms with Crippen LogP contribution in [0.5, 0.6) is 0 Å². The molecular weight excluding hydrogens is 366 g/mol. The van der Waals surface area contributed by atoms with Gasteiger partial charge < -0.3 is 9.88 Å². The van der Waals surface area contributed by atoms with Crippen LogP contribution in [0, 0.1) is 11.6 Å². The van der Waals surface area contributed by atoms with E-state index in [9.17, 15) is 13.6 Å². The molecule has 3 rings (SSSR count). The lowest BCUT2D eigenvalue weighted by Crippen LogP contribution is -2.14. The minimum absolute atomic E-state index is 0.205. The van der Waals surface area contributed by atoms with E-state index in [-0.39, 0.29) is 11.7 Å². The maximum absolute atomic E-state index is 13.3. The predicted octanol–water partition coefficient (Wildman–Crippen LogP) is 4.04. The van der Waals surface area contributed by atoms with Crippen molar-refractivity contribution in [1.82, 2.24) is 14.5 Å². The van der Waals surface area contributed by atoms with E-state index in [0.717, 1.165) is 23.8 Å². The maximum atomic E-state index is 13.3. The van der Waals surface area contributed by atoms with Crippen molar-refractivity contribution >= 4 is 34.1 Å². The van der Waals surface area contributed by atoms with E-state index >= 15 is 0 Å². The van der Waals surface area contributed by atoms with Gasteiger partial charge in [0, 0.05) is 29.9 Å². The molecule has 3 aromatic rings. The number of thiazole rings is 1. The third-order valence-electron chi connectivity index (χ3n) is 3.32. The summed E-state index contributed by atoms with van der Waals surface area (Å²) < 4.78 is 28.2. The SMILES string of the molecule is CCn1ccnc1SCC(=O)Nc1nc(-c2ccc(F)c(F)c2)cs1. The largest absolute Gasteiger partial charge is 0.326 e. The molecule has 1 amide bonds. The van der Waals surface area contributed by atoms with E-state index in [1.807, 2.05) is 17.7 Å². The molecule has 0 radical (unpaired) electrons. The van der Waals surface area contributed by atoms with Crippen LogP contribution in [0.1, 0.15) is 6.92 Å². The monoisotopic (exact) mass is 380 g/mol. The average Bonchev–Trinajstić information content (AvgIpc) is 3.24. The third kappa shape index (κ3) is 4.23. The Morgan fingerprint density at radius 2 is 2.20 bits per heavy atom. The molecule has 0 fully saturated rings. The van der Waals surface area contributed by atoms with Gasteiger partial charge in [-0.15, -0.1) is 11.3 Å². The molecule has 0 bridgehead atoms. The van der Waals surface area contributed by atoms with Crippen molar-refractivity contribution in [3.63, 3.8) is 0 Å². The topological polar surface area (TPSA) is 59.8 Å². The van der Waals surface area contributed by atoms with Gasteiger partial charge in [-0.1, -0.05) is 11.8 Å². The van der Waals surface area contributed by atoms with Crippen LogP contribution in [0.25, 0.3) is 11.3 Å². The van der Waals surface area contributed by atoms with Crippen molar-refractivity contribution in [2.45, 2.75) is 18.6 Å². The summed E-state index contributed by atoms with van der Waals surface area (Å²) in [6.07, 6.45) is 3.55. The molecule has 2 aromatic heterocycles. The Balaban J connectivity index is 1.61. The minimum Gasteiger partial charge on any atom is -0.326 e. The lowest BCUT2D eigenvalue weighted by Gasteiger charge is -2.04. The number of rotatable bonds is 6. The number of anilines is 1. The van der Waals surface area contributed by atoms with Gasteiger partial charge in [0.2, 0.25) is 5.91 Å². The highest BCUT2D eigenvalue weighted by molar-refractivity contribution is 7.99. The molecule has 1 aromatic carbocycles. The molecule has 25 heavy (non-hydrogen) atoms. The average molecular weight is 380 g/mol. The van der Waals surface area contributed by atoms with Crippen LogP contribution < -0.4 is 5.32 Å². The zero-order valence-corrected chi connectivity index (χ0v) is 14.8. The summed E-state index contributed by atoms with van der Waals surface area (Å²) in [5.41, 5.74) is 0.934. The van der Waals surface area contributed by atoms with Crippen LogP contribution in [0.3, 0.4) is 0 Å². The van der Waals surface area contributed by atoms with Crippen LogP contribution in [-0.2, 0) is 11.3 Å². The van der Waals surface area contributed by atoms with Crippen molar-refractivity contribution in [1.29, 1.82) is 0 Å². The molecule has 1 N–H and O–H groups in total. The molecular formula is C16H14F2N4OS2. The lowest BCUT2D eigenvalue weighted by molar-refractivity contribution is -0.113. The maximum Gasteiger partial charge on any atom is 0.236 e. The van der Waals surface area contributed by atoms with E-state index in [4.69, 9.17) is 0 Å². The van der Waals surface area contributed by atoms with Crippen molar-refractivity contribution in [3.05, 3.63) is 47.6 Å². The van der Waals surface area contributed by atoms with Crippen LogP contribution >= 0.6 is 23.1 Å². The minimum atomic E-state index is -0.932. The Morgan fingerprint density at radius 3 is 2.96 bits per heavy atom. The van der Waals surface area contributed by atoms with Gasteiger partial charge in [0.15, 0.2) is 21.9 Å². The van der Waals surface area contributed by atoms with Crippen LogP contribution in [0.4, 0.5) is 13.9 Å². The third-order valence-corrected chi connectivity index (χ3v) is 5.08. The summed E-state index contributed by atoms with van der Waals surface area (Å²) in [6, 6.07) is 3.57. The number of carbonyl (C=O) groups excluding carboxylic acids is 1. The van der Waals surface area contributed by atoms with Gasteiger partial charge in [-0.25, -0.2) is 18.7 Å². The number of hydrogen-bond acceptors (Lipinski definition) is 5. The Morgan fingerprint density at radius 1 is 1.36 bits per heavy atom. The fourth-order valence-corrected chi connectivity index (χ4v) is 3.64. The number of halogens is 2. The first kappa shape index (κ1) is 17.6. The van der Waals surface area contributed by atoms with Crippen LogP contribution in [0.2, 0.25) is 0 Å². The Bertz CT molecular complexity index is 894. The number of nitrogens with zero attached hydrogens (tertiary/aromatic N) is 3. The zero-order chi connectivity index (χ0) is 17.8. The van der Waals surface area contributed by atoms with E-state index in [1.54, 1.807) is 11.6 Å². The van der Waals surface area contributed by atoms with Gasteiger partial charge in [-0.2, -0.15) is 0 Å². The predicted molar refractivity (Wildman–Crippen MR) is 94.7 cm³/mol. The Hall–Kier alpha value is -2.26. The number of carbonyl (C=O) groups is 1. The van der Waals surface area contributed by atoms with Crippen LogP contribution in [0.15, 0.2) is 41.1 Å². The van der Waals surface area contributed by atoms with Crippen molar-refractivity contribution in [2.24, 2.45) is 0 Å². The molecule has 0 aliphatic rings. The van der Waals surface area contributed by atoms with E-state index < -0.39 is 11.6 Å². The summed E-state index contributed by atoms with van der Waals surface area (Å²) in [6.45, 7) is 2.79. The van der Waals surface area contributed by atoms with Crippen molar-refractivity contribution in [2.75, 3.05) is 11.1 Å². The number of nitrogens with one attached hydrogen (secondary N) is 1. The van der Waals surface area contributed by atoms with E-state index in [1.165, 1.54) is 29.2 Å². The molecule has 0 spiro atoms. The second-order valence-corrected chi connectivity index (χ2v) is 6.80. The number of benzene rings is 1.